The van der Waals surface area contributed by atoms with Gasteiger partial charge in [0, 0.05) is 15.9 Å². The molecule has 1 unspecified atom stereocenters. The normalized spacial score (nSPS) is 19.4. The summed E-state index contributed by atoms with van der Waals surface area (Å²) in [6.45, 7) is 8.15. The van der Waals surface area contributed by atoms with Gasteiger partial charge in [-0.1, -0.05) is 19.4 Å². The first kappa shape index (κ1) is 14.5. The number of allylic oxidation sites excluding steroid dienone is 2. The molecule has 0 radical (unpaired) electrons. The standard InChI is InChI=1S/C13H19IO3/c1-7(2)11(14)10-6-9(13(15)16-5)12(17-10)8(3)4/h8,10H,6H2,1-5H3. The molecule has 3 nitrogen and oxygen atoms in total. The van der Waals surface area contributed by atoms with Crippen molar-refractivity contribution in [2.75, 3.05) is 7.11 Å². The first-order valence-electron chi connectivity index (χ1n) is 5.69. The smallest absolute Gasteiger partial charge is 0.337 e. The van der Waals surface area contributed by atoms with Crippen LogP contribution in [-0.4, -0.2) is 19.2 Å². The van der Waals surface area contributed by atoms with Crippen molar-refractivity contribution < 1.29 is 14.3 Å². The van der Waals surface area contributed by atoms with Gasteiger partial charge in [-0.05, 0) is 36.4 Å². The predicted octanol–water partition coefficient (Wildman–Crippen LogP) is 3.59. The summed E-state index contributed by atoms with van der Waals surface area (Å²) in [5, 5.41) is 0. The summed E-state index contributed by atoms with van der Waals surface area (Å²) in [7, 11) is 1.41. The van der Waals surface area contributed by atoms with E-state index in [4.69, 9.17) is 9.47 Å². The van der Waals surface area contributed by atoms with Crippen LogP contribution in [0.2, 0.25) is 0 Å². The first-order chi connectivity index (χ1) is 7.88. The number of carbonyl (C=O) groups is 1. The van der Waals surface area contributed by atoms with Crippen LogP contribution >= 0.6 is 22.6 Å². The lowest BCUT2D eigenvalue weighted by Gasteiger charge is -2.15. The Balaban J connectivity index is 2.97. The van der Waals surface area contributed by atoms with Crippen LogP contribution < -0.4 is 0 Å². The van der Waals surface area contributed by atoms with Gasteiger partial charge in [0.1, 0.15) is 11.9 Å². The molecule has 96 valence electrons. The predicted molar refractivity (Wildman–Crippen MR) is 75.8 cm³/mol. The first-order valence-corrected chi connectivity index (χ1v) is 6.77. The van der Waals surface area contributed by atoms with Crippen molar-refractivity contribution in [3.63, 3.8) is 0 Å². The summed E-state index contributed by atoms with van der Waals surface area (Å²) >= 11 is 2.29. The second-order valence-electron chi connectivity index (χ2n) is 4.65. The zero-order chi connectivity index (χ0) is 13.2. The molecule has 0 bridgehead atoms. The minimum absolute atomic E-state index is 0.0212. The average Bonchev–Trinajstić information content (AvgIpc) is 2.71. The zero-order valence-electron chi connectivity index (χ0n) is 11.0. The maximum Gasteiger partial charge on any atom is 0.337 e. The number of ether oxygens (including phenoxy) is 2. The van der Waals surface area contributed by atoms with Crippen molar-refractivity contribution in [3.05, 3.63) is 20.5 Å². The Morgan fingerprint density at radius 3 is 2.47 bits per heavy atom. The maximum atomic E-state index is 11.7. The monoisotopic (exact) mass is 350 g/mol. The molecule has 1 rings (SSSR count). The van der Waals surface area contributed by atoms with Crippen LogP contribution in [0.1, 0.15) is 34.1 Å². The summed E-state index contributed by atoms with van der Waals surface area (Å²) in [6, 6.07) is 0. The lowest BCUT2D eigenvalue weighted by Crippen LogP contribution is -2.09. The molecule has 0 aromatic heterocycles. The minimum Gasteiger partial charge on any atom is -0.488 e. The molecule has 1 heterocycles. The van der Waals surface area contributed by atoms with E-state index >= 15 is 0 Å². The fourth-order valence-electron chi connectivity index (χ4n) is 1.81. The largest absolute Gasteiger partial charge is 0.488 e. The highest BCUT2D eigenvalue weighted by Crippen LogP contribution is 2.37. The van der Waals surface area contributed by atoms with Gasteiger partial charge in [0.05, 0.1) is 12.7 Å². The Bertz CT molecular complexity index is 376. The summed E-state index contributed by atoms with van der Waals surface area (Å²) in [5.41, 5.74) is 1.91. The van der Waals surface area contributed by atoms with E-state index in [1.54, 1.807) is 0 Å². The molecule has 0 fully saturated rings. The van der Waals surface area contributed by atoms with Crippen LogP contribution in [0.4, 0.5) is 0 Å². The van der Waals surface area contributed by atoms with Crippen LogP contribution in [0.5, 0.6) is 0 Å². The van der Waals surface area contributed by atoms with Gasteiger partial charge in [0.25, 0.3) is 0 Å². The van der Waals surface area contributed by atoms with Crippen molar-refractivity contribution in [1.82, 2.24) is 0 Å². The molecule has 0 aromatic rings. The van der Waals surface area contributed by atoms with Gasteiger partial charge in [-0.15, -0.1) is 0 Å². The van der Waals surface area contributed by atoms with Crippen molar-refractivity contribution in [2.45, 2.75) is 40.2 Å². The third-order valence-electron chi connectivity index (χ3n) is 2.67. The van der Waals surface area contributed by atoms with E-state index in [9.17, 15) is 4.79 Å². The topological polar surface area (TPSA) is 35.5 Å². The second kappa shape index (κ2) is 5.89. The summed E-state index contributed by atoms with van der Waals surface area (Å²) < 4.78 is 11.9. The average molecular weight is 350 g/mol. The zero-order valence-corrected chi connectivity index (χ0v) is 13.1. The fraction of sp³-hybridized carbons (Fsp3) is 0.615. The molecule has 1 aliphatic heterocycles. The molecule has 0 amide bonds. The lowest BCUT2D eigenvalue weighted by molar-refractivity contribution is -0.136. The Labute approximate surface area is 116 Å². The Morgan fingerprint density at radius 2 is 2.06 bits per heavy atom. The summed E-state index contributed by atoms with van der Waals surface area (Å²) in [6.07, 6.45) is 0.594. The molecule has 1 aliphatic rings. The van der Waals surface area contributed by atoms with Crippen LogP contribution in [0, 0.1) is 5.92 Å². The fourth-order valence-corrected chi connectivity index (χ4v) is 2.15. The Morgan fingerprint density at radius 1 is 1.47 bits per heavy atom. The molecule has 0 aliphatic carbocycles. The molecule has 0 saturated carbocycles. The quantitative estimate of drug-likeness (QED) is 0.577. The molecular weight excluding hydrogens is 331 g/mol. The molecule has 0 saturated heterocycles. The Hall–Kier alpha value is -0.520. The highest BCUT2D eigenvalue weighted by Gasteiger charge is 2.33. The second-order valence-corrected chi connectivity index (χ2v) is 5.81. The molecule has 17 heavy (non-hydrogen) atoms. The van der Waals surface area contributed by atoms with Crippen LogP contribution in [0.3, 0.4) is 0 Å². The molecule has 0 aromatic carbocycles. The van der Waals surface area contributed by atoms with Crippen molar-refractivity contribution in [2.24, 2.45) is 5.92 Å². The third kappa shape index (κ3) is 3.24. The number of halogens is 1. The maximum absolute atomic E-state index is 11.7. The van der Waals surface area contributed by atoms with E-state index < -0.39 is 0 Å². The van der Waals surface area contributed by atoms with Gasteiger partial charge in [-0.25, -0.2) is 4.79 Å². The van der Waals surface area contributed by atoms with E-state index in [1.807, 2.05) is 13.8 Å². The summed E-state index contributed by atoms with van der Waals surface area (Å²) in [4.78, 5) is 11.7. The van der Waals surface area contributed by atoms with E-state index in [2.05, 4.69) is 36.4 Å². The van der Waals surface area contributed by atoms with Gasteiger partial charge in [0.15, 0.2) is 0 Å². The van der Waals surface area contributed by atoms with Crippen LogP contribution in [-0.2, 0) is 14.3 Å². The van der Waals surface area contributed by atoms with Crippen molar-refractivity contribution >= 4 is 28.6 Å². The molecule has 0 N–H and O–H groups in total. The van der Waals surface area contributed by atoms with Gasteiger partial charge in [-0.3, -0.25) is 0 Å². The Kier molecular flexibility index (Phi) is 5.04. The van der Waals surface area contributed by atoms with Crippen LogP contribution in [0.25, 0.3) is 0 Å². The molecule has 1 atom stereocenters. The summed E-state index contributed by atoms with van der Waals surface area (Å²) in [5.74, 6) is 0.710. The van der Waals surface area contributed by atoms with E-state index in [0.29, 0.717) is 12.0 Å². The van der Waals surface area contributed by atoms with Crippen molar-refractivity contribution in [1.29, 1.82) is 0 Å². The highest BCUT2D eigenvalue weighted by atomic mass is 127. The van der Waals surface area contributed by atoms with Gasteiger partial charge < -0.3 is 9.47 Å². The third-order valence-corrected chi connectivity index (χ3v) is 4.45. The number of esters is 1. The van der Waals surface area contributed by atoms with E-state index in [1.165, 1.54) is 16.3 Å². The van der Waals surface area contributed by atoms with Gasteiger partial charge >= 0.3 is 5.97 Å². The highest BCUT2D eigenvalue weighted by molar-refractivity contribution is 14.1. The van der Waals surface area contributed by atoms with E-state index in [-0.39, 0.29) is 18.0 Å². The molecular formula is C13H19IO3. The number of rotatable bonds is 3. The van der Waals surface area contributed by atoms with E-state index in [0.717, 1.165) is 5.76 Å². The van der Waals surface area contributed by atoms with Gasteiger partial charge in [-0.2, -0.15) is 0 Å². The number of methoxy groups -OCH3 is 1. The number of carbonyl (C=O) groups excluding carboxylic acids is 1. The molecule has 4 heteroatoms. The molecule has 0 spiro atoms. The lowest BCUT2D eigenvalue weighted by atomic mass is 10.0. The number of hydrogen-bond donors (Lipinski definition) is 0. The minimum atomic E-state index is -0.269. The van der Waals surface area contributed by atoms with Gasteiger partial charge in [0.2, 0.25) is 0 Å². The number of hydrogen-bond acceptors (Lipinski definition) is 3. The van der Waals surface area contributed by atoms with Crippen LogP contribution in [0.15, 0.2) is 20.5 Å². The SMILES string of the molecule is COC(=O)C1=C(C(C)C)OC(C(I)=C(C)C)C1. The van der Waals surface area contributed by atoms with Crippen molar-refractivity contribution in [3.8, 4) is 0 Å².